The second-order valence-corrected chi connectivity index (χ2v) is 6.22. The largest absolute Gasteiger partial charge is 0.329 e. The summed E-state index contributed by atoms with van der Waals surface area (Å²) in [4.78, 5) is 6.51. The highest BCUT2D eigenvalue weighted by Gasteiger charge is 2.16. The lowest BCUT2D eigenvalue weighted by Gasteiger charge is -2.25. The molecule has 130 valence electrons. The fourth-order valence-corrected chi connectivity index (χ4v) is 2.80. The molecule has 0 aliphatic carbocycles. The van der Waals surface area contributed by atoms with E-state index in [4.69, 9.17) is 0 Å². The summed E-state index contributed by atoms with van der Waals surface area (Å²) < 4.78 is 28.7. The Balaban J connectivity index is 1.71. The molecule has 3 aromatic rings. The Morgan fingerprint density at radius 1 is 1.08 bits per heavy atom. The zero-order valence-corrected chi connectivity index (χ0v) is 14.4. The Labute approximate surface area is 146 Å². The van der Waals surface area contributed by atoms with E-state index < -0.39 is 11.6 Å². The lowest BCUT2D eigenvalue weighted by molar-refractivity contribution is 0.243. The van der Waals surface area contributed by atoms with Crippen LogP contribution < -0.4 is 0 Å². The zero-order valence-electron chi connectivity index (χ0n) is 14.4. The fourth-order valence-electron chi connectivity index (χ4n) is 2.80. The Morgan fingerprint density at radius 3 is 2.56 bits per heavy atom. The number of hydrogen-bond donors (Lipinski definition) is 0. The van der Waals surface area contributed by atoms with E-state index in [1.54, 1.807) is 12.3 Å². The minimum absolute atomic E-state index is 0.0584. The molecule has 0 bridgehead atoms. The maximum Gasteiger partial charge on any atom is 0.159 e. The van der Waals surface area contributed by atoms with Gasteiger partial charge in [-0.25, -0.2) is 13.8 Å². The zero-order chi connectivity index (χ0) is 17.8. The van der Waals surface area contributed by atoms with Gasteiger partial charge in [0.05, 0.1) is 6.54 Å². The highest BCUT2D eigenvalue weighted by molar-refractivity contribution is 5.21. The Kier molecular flexibility index (Phi) is 5.24. The van der Waals surface area contributed by atoms with Crippen molar-refractivity contribution in [1.82, 2.24) is 14.5 Å². The number of halogens is 2. The van der Waals surface area contributed by atoms with Crippen LogP contribution in [0.15, 0.2) is 60.9 Å². The third-order valence-electron chi connectivity index (χ3n) is 4.48. The van der Waals surface area contributed by atoms with Gasteiger partial charge in [-0.3, -0.25) is 4.90 Å². The second-order valence-electron chi connectivity index (χ2n) is 6.22. The predicted molar refractivity (Wildman–Crippen MR) is 94.0 cm³/mol. The molecule has 1 unspecified atom stereocenters. The van der Waals surface area contributed by atoms with Crippen molar-refractivity contribution in [1.29, 1.82) is 0 Å². The van der Waals surface area contributed by atoms with Gasteiger partial charge in [-0.15, -0.1) is 0 Å². The van der Waals surface area contributed by atoms with Gasteiger partial charge in [-0.2, -0.15) is 0 Å². The number of rotatable bonds is 6. The van der Waals surface area contributed by atoms with E-state index in [0.29, 0.717) is 6.54 Å². The summed E-state index contributed by atoms with van der Waals surface area (Å²) in [5.41, 5.74) is 1.95. The normalized spacial score (nSPS) is 12.5. The molecule has 0 spiro atoms. The van der Waals surface area contributed by atoms with E-state index in [-0.39, 0.29) is 6.04 Å². The first-order valence-electron chi connectivity index (χ1n) is 8.23. The predicted octanol–water partition coefficient (Wildman–Crippen LogP) is 4.40. The summed E-state index contributed by atoms with van der Waals surface area (Å²) in [6.45, 7) is 3.33. The third kappa shape index (κ3) is 4.12. The topological polar surface area (TPSA) is 21.1 Å². The molecular weight excluding hydrogens is 320 g/mol. The van der Waals surface area contributed by atoms with Crippen LogP contribution in [0.25, 0.3) is 0 Å². The van der Waals surface area contributed by atoms with Gasteiger partial charge in [-0.05, 0) is 37.2 Å². The summed E-state index contributed by atoms with van der Waals surface area (Å²) >= 11 is 0. The van der Waals surface area contributed by atoms with Crippen molar-refractivity contribution >= 4 is 0 Å². The van der Waals surface area contributed by atoms with Crippen LogP contribution in [0.4, 0.5) is 8.78 Å². The van der Waals surface area contributed by atoms with E-state index in [1.165, 1.54) is 17.7 Å². The van der Waals surface area contributed by atoms with Crippen molar-refractivity contribution in [2.45, 2.75) is 26.1 Å². The highest BCUT2D eigenvalue weighted by Crippen LogP contribution is 2.22. The molecule has 3 rings (SSSR count). The van der Waals surface area contributed by atoms with Crippen molar-refractivity contribution in [3.05, 3.63) is 89.5 Å². The van der Waals surface area contributed by atoms with E-state index in [0.717, 1.165) is 17.9 Å². The maximum absolute atomic E-state index is 13.5. The van der Waals surface area contributed by atoms with Gasteiger partial charge in [0.15, 0.2) is 11.6 Å². The molecule has 1 heterocycles. The van der Waals surface area contributed by atoms with E-state index in [2.05, 4.69) is 26.6 Å². The first-order chi connectivity index (χ1) is 12.0. The third-order valence-corrected chi connectivity index (χ3v) is 4.48. The first kappa shape index (κ1) is 17.3. The molecular formula is C20H21F2N3. The number of benzene rings is 2. The average Bonchev–Trinajstić information content (AvgIpc) is 3.04. The van der Waals surface area contributed by atoms with Gasteiger partial charge in [-0.1, -0.05) is 36.4 Å². The molecule has 0 aliphatic rings. The van der Waals surface area contributed by atoms with E-state index in [1.807, 2.05) is 38.4 Å². The molecule has 0 aliphatic heterocycles. The van der Waals surface area contributed by atoms with Crippen LogP contribution in [0.3, 0.4) is 0 Å². The summed E-state index contributed by atoms with van der Waals surface area (Å²) in [7, 11) is 1.95. The lowest BCUT2D eigenvalue weighted by atomic mass is 10.1. The van der Waals surface area contributed by atoms with Crippen LogP contribution >= 0.6 is 0 Å². The summed E-state index contributed by atoms with van der Waals surface area (Å²) in [6, 6.07) is 14.2. The minimum Gasteiger partial charge on any atom is -0.329 e. The smallest absolute Gasteiger partial charge is 0.159 e. The fraction of sp³-hybridized carbons (Fsp3) is 0.250. The van der Waals surface area contributed by atoms with E-state index in [9.17, 15) is 8.78 Å². The van der Waals surface area contributed by atoms with Gasteiger partial charge in [0.25, 0.3) is 0 Å². The number of hydrogen-bond acceptors (Lipinski definition) is 2. The Bertz CT molecular complexity index is 830. The number of nitrogens with zero attached hydrogens (tertiary/aromatic N) is 3. The summed E-state index contributed by atoms with van der Waals surface area (Å²) in [6.07, 6.45) is 3.74. The van der Waals surface area contributed by atoms with E-state index >= 15 is 0 Å². The van der Waals surface area contributed by atoms with Crippen LogP contribution in [0.5, 0.6) is 0 Å². The quantitative estimate of drug-likeness (QED) is 0.662. The number of imidazole rings is 1. The second kappa shape index (κ2) is 7.57. The molecule has 0 saturated carbocycles. The van der Waals surface area contributed by atoms with Gasteiger partial charge in [0.1, 0.15) is 5.82 Å². The van der Waals surface area contributed by atoms with Gasteiger partial charge in [0, 0.05) is 25.0 Å². The van der Waals surface area contributed by atoms with Crippen LogP contribution in [0.2, 0.25) is 0 Å². The van der Waals surface area contributed by atoms with Crippen molar-refractivity contribution in [3.63, 3.8) is 0 Å². The van der Waals surface area contributed by atoms with Crippen LogP contribution in [0.1, 0.15) is 29.9 Å². The lowest BCUT2D eigenvalue weighted by Crippen LogP contribution is -2.24. The SMILES string of the molecule is CC(c1ccc(F)c(F)c1)N(C)Cc1nccn1Cc1ccccc1. The first-order valence-corrected chi connectivity index (χ1v) is 8.23. The van der Waals surface area contributed by atoms with Gasteiger partial charge in [0.2, 0.25) is 0 Å². The van der Waals surface area contributed by atoms with Crippen molar-refractivity contribution in [3.8, 4) is 0 Å². The molecule has 0 amide bonds. The Morgan fingerprint density at radius 2 is 1.84 bits per heavy atom. The van der Waals surface area contributed by atoms with Gasteiger partial charge < -0.3 is 4.57 Å². The summed E-state index contributed by atoms with van der Waals surface area (Å²) in [5, 5.41) is 0. The number of aromatic nitrogens is 2. The maximum atomic E-state index is 13.5. The molecule has 0 fully saturated rings. The van der Waals surface area contributed by atoms with Crippen LogP contribution in [-0.4, -0.2) is 21.5 Å². The molecule has 25 heavy (non-hydrogen) atoms. The highest BCUT2D eigenvalue weighted by atomic mass is 19.2. The standard InChI is InChI=1S/C20H21F2N3/c1-15(17-8-9-18(21)19(22)12-17)24(2)14-20-23-10-11-25(20)13-16-6-4-3-5-7-16/h3-12,15H,13-14H2,1-2H3. The molecule has 0 saturated heterocycles. The molecule has 0 N–H and O–H groups in total. The van der Waals surface area contributed by atoms with Crippen LogP contribution in [0, 0.1) is 11.6 Å². The van der Waals surface area contributed by atoms with Crippen molar-refractivity contribution in [2.24, 2.45) is 0 Å². The molecule has 0 radical (unpaired) electrons. The molecule has 1 atom stereocenters. The minimum atomic E-state index is -0.822. The molecule has 1 aromatic heterocycles. The monoisotopic (exact) mass is 341 g/mol. The van der Waals surface area contributed by atoms with Crippen molar-refractivity contribution in [2.75, 3.05) is 7.05 Å². The van der Waals surface area contributed by atoms with Crippen molar-refractivity contribution < 1.29 is 8.78 Å². The molecule has 2 aromatic carbocycles. The summed E-state index contributed by atoms with van der Waals surface area (Å²) in [5.74, 6) is -0.707. The van der Waals surface area contributed by atoms with Crippen LogP contribution in [-0.2, 0) is 13.1 Å². The van der Waals surface area contributed by atoms with Gasteiger partial charge >= 0.3 is 0 Å². The molecule has 3 nitrogen and oxygen atoms in total. The average molecular weight is 341 g/mol. The molecule has 5 heteroatoms. The Hall–Kier alpha value is -2.53.